The lowest BCUT2D eigenvalue weighted by Gasteiger charge is -2.44. The molecule has 1 atom stereocenters. The molecule has 0 aliphatic carbocycles. The van der Waals surface area contributed by atoms with Crippen LogP contribution in [-0.2, 0) is 0 Å². The third-order valence-electron chi connectivity index (χ3n) is 4.62. The van der Waals surface area contributed by atoms with Crippen molar-refractivity contribution in [3.8, 4) is 17.1 Å². The van der Waals surface area contributed by atoms with Crippen molar-refractivity contribution in [2.24, 2.45) is 5.92 Å². The molecule has 7 nitrogen and oxygen atoms in total. The highest BCUT2D eigenvalue weighted by molar-refractivity contribution is 7.15. The van der Waals surface area contributed by atoms with Crippen molar-refractivity contribution in [2.45, 2.75) is 18.9 Å². The van der Waals surface area contributed by atoms with Crippen molar-refractivity contribution in [1.82, 2.24) is 15.2 Å². The molecule has 0 aromatic carbocycles. The second kappa shape index (κ2) is 6.45. The highest BCUT2D eigenvalue weighted by atomic mass is 32.1. The van der Waals surface area contributed by atoms with E-state index in [1.54, 1.807) is 12.1 Å². The lowest BCUT2D eigenvalue weighted by molar-refractivity contribution is 0.0622. The molecule has 3 aliphatic heterocycles. The highest BCUT2D eigenvalue weighted by Gasteiger charge is 2.35. The van der Waals surface area contributed by atoms with Crippen molar-refractivity contribution in [3.05, 3.63) is 23.2 Å². The van der Waals surface area contributed by atoms with Gasteiger partial charge in [-0.15, -0.1) is 0 Å². The Balaban J connectivity index is 1.38. The molecule has 0 saturated carbocycles. The largest absolute Gasteiger partial charge is 0.453 e. The van der Waals surface area contributed by atoms with Gasteiger partial charge in [-0.1, -0.05) is 11.3 Å². The van der Waals surface area contributed by atoms with Crippen LogP contribution in [0.15, 0.2) is 22.7 Å². The monoisotopic (exact) mass is 349 g/mol. The molecule has 8 heteroatoms. The first-order chi connectivity index (χ1) is 11.7. The second-order valence-corrected chi connectivity index (χ2v) is 7.13. The maximum atomic E-state index is 12.5. The standard InChI is InChI=1S/C16H19N3O4S/c1-21-16-17-8-13(23-16)22-14-3-2-12(24-14)15(20)18-11-9-19-6-4-10(11)5-7-19/h2-3,8,10-11H,4-7,9H2,1H3,(H,18,20). The molecule has 5 heterocycles. The number of ether oxygens (including phenoxy) is 2. The summed E-state index contributed by atoms with van der Waals surface area (Å²) in [6, 6.07) is 3.78. The molecule has 0 spiro atoms. The summed E-state index contributed by atoms with van der Waals surface area (Å²) in [6.07, 6.45) is 3.93. The summed E-state index contributed by atoms with van der Waals surface area (Å²) in [5.41, 5.74) is 0. The number of methoxy groups -OCH3 is 1. The van der Waals surface area contributed by atoms with Gasteiger partial charge in [0.25, 0.3) is 5.91 Å². The van der Waals surface area contributed by atoms with Crippen LogP contribution < -0.4 is 14.8 Å². The first kappa shape index (κ1) is 15.5. The number of oxazole rings is 1. The molecule has 24 heavy (non-hydrogen) atoms. The normalized spacial score (nSPS) is 25.5. The molecule has 2 bridgehead atoms. The summed E-state index contributed by atoms with van der Waals surface area (Å²) in [5, 5.41) is 3.75. The Kier molecular flexibility index (Phi) is 4.15. The van der Waals surface area contributed by atoms with Crippen LogP contribution in [0.1, 0.15) is 22.5 Å². The number of aromatic nitrogens is 1. The van der Waals surface area contributed by atoms with E-state index in [2.05, 4.69) is 15.2 Å². The number of hydrogen-bond acceptors (Lipinski definition) is 7. The Morgan fingerprint density at radius 1 is 1.42 bits per heavy atom. The van der Waals surface area contributed by atoms with Crippen LogP contribution in [0.4, 0.5) is 0 Å². The molecule has 3 aliphatic rings. The molecule has 1 N–H and O–H groups in total. The molecule has 2 aromatic heterocycles. The first-order valence-electron chi connectivity index (χ1n) is 8.02. The van der Waals surface area contributed by atoms with Crippen LogP contribution >= 0.6 is 11.3 Å². The van der Waals surface area contributed by atoms with Crippen LogP contribution in [0.5, 0.6) is 17.1 Å². The lowest BCUT2D eigenvalue weighted by atomic mass is 9.84. The molecule has 0 radical (unpaired) electrons. The third-order valence-corrected chi connectivity index (χ3v) is 5.58. The molecule has 3 saturated heterocycles. The molecule has 3 fully saturated rings. The predicted octanol–water partition coefficient (Wildman–Crippen LogP) is 2.36. The van der Waals surface area contributed by atoms with Gasteiger partial charge in [0.1, 0.15) is 6.20 Å². The number of nitrogens with one attached hydrogen (secondary N) is 1. The van der Waals surface area contributed by atoms with Crippen LogP contribution in [0.2, 0.25) is 0 Å². The van der Waals surface area contributed by atoms with Gasteiger partial charge in [-0.2, -0.15) is 4.98 Å². The smallest absolute Gasteiger partial charge is 0.396 e. The van der Waals surface area contributed by atoms with Gasteiger partial charge in [0.15, 0.2) is 5.06 Å². The van der Waals surface area contributed by atoms with Gasteiger partial charge >= 0.3 is 12.0 Å². The van der Waals surface area contributed by atoms with Crippen LogP contribution in [0.3, 0.4) is 0 Å². The topological polar surface area (TPSA) is 76.8 Å². The van der Waals surface area contributed by atoms with Crippen LogP contribution in [0, 0.1) is 5.92 Å². The van der Waals surface area contributed by atoms with Gasteiger partial charge in [-0.3, -0.25) is 4.79 Å². The fraction of sp³-hybridized carbons (Fsp3) is 0.500. The Hall–Kier alpha value is -2.06. The predicted molar refractivity (Wildman–Crippen MR) is 87.9 cm³/mol. The summed E-state index contributed by atoms with van der Waals surface area (Å²) in [6.45, 7) is 3.28. The Morgan fingerprint density at radius 2 is 2.25 bits per heavy atom. The van der Waals surface area contributed by atoms with Gasteiger partial charge < -0.3 is 24.1 Å². The number of carbonyl (C=O) groups excluding carboxylic acids is 1. The Labute approximate surface area is 143 Å². The van der Waals surface area contributed by atoms with Gasteiger partial charge in [0, 0.05) is 12.6 Å². The second-order valence-electron chi connectivity index (χ2n) is 6.09. The van der Waals surface area contributed by atoms with E-state index in [0.717, 1.165) is 19.6 Å². The maximum absolute atomic E-state index is 12.5. The fourth-order valence-electron chi connectivity index (χ4n) is 3.35. The number of piperidine rings is 3. The van der Waals surface area contributed by atoms with Gasteiger partial charge in [0.05, 0.1) is 12.0 Å². The minimum atomic E-state index is -0.0382. The molecule has 5 rings (SSSR count). The zero-order valence-electron chi connectivity index (χ0n) is 13.4. The number of nitrogens with zero attached hydrogens (tertiary/aromatic N) is 2. The van der Waals surface area contributed by atoms with E-state index in [1.807, 2.05) is 0 Å². The van der Waals surface area contributed by atoms with E-state index in [4.69, 9.17) is 13.9 Å². The van der Waals surface area contributed by atoms with E-state index in [0.29, 0.717) is 15.9 Å². The Bertz CT molecular complexity index is 720. The minimum absolute atomic E-state index is 0.0382. The zero-order valence-corrected chi connectivity index (χ0v) is 14.2. The summed E-state index contributed by atoms with van der Waals surface area (Å²) in [5.74, 6) is 0.804. The lowest BCUT2D eigenvalue weighted by Crippen LogP contribution is -2.57. The molecular formula is C16H19N3O4S. The number of fused-ring (bicyclic) bond motifs is 3. The molecule has 2 aromatic rings. The quantitative estimate of drug-likeness (QED) is 0.893. The zero-order chi connectivity index (χ0) is 16.5. The average Bonchev–Trinajstić information content (AvgIpc) is 3.26. The maximum Gasteiger partial charge on any atom is 0.396 e. The molecular weight excluding hydrogens is 330 g/mol. The van der Waals surface area contributed by atoms with Gasteiger partial charge in [-0.25, -0.2) is 0 Å². The number of amides is 1. The number of hydrogen-bond donors (Lipinski definition) is 1. The van der Waals surface area contributed by atoms with Crippen LogP contribution in [-0.4, -0.2) is 48.6 Å². The van der Waals surface area contributed by atoms with Crippen molar-refractivity contribution >= 4 is 17.2 Å². The van der Waals surface area contributed by atoms with E-state index < -0.39 is 0 Å². The summed E-state index contributed by atoms with van der Waals surface area (Å²) < 4.78 is 15.6. The van der Waals surface area contributed by atoms with Crippen molar-refractivity contribution in [1.29, 1.82) is 0 Å². The fourth-order valence-corrected chi connectivity index (χ4v) is 4.11. The van der Waals surface area contributed by atoms with E-state index in [-0.39, 0.29) is 24.0 Å². The Morgan fingerprint density at radius 3 is 2.92 bits per heavy atom. The van der Waals surface area contributed by atoms with Crippen LogP contribution in [0.25, 0.3) is 0 Å². The van der Waals surface area contributed by atoms with E-state index in [1.165, 1.54) is 37.5 Å². The number of thiophene rings is 1. The summed E-state index contributed by atoms with van der Waals surface area (Å²) in [7, 11) is 1.47. The number of rotatable bonds is 5. The average molecular weight is 349 g/mol. The van der Waals surface area contributed by atoms with Gasteiger partial charge in [0.2, 0.25) is 0 Å². The van der Waals surface area contributed by atoms with Crippen molar-refractivity contribution < 1.29 is 18.7 Å². The molecule has 1 amide bonds. The van der Waals surface area contributed by atoms with Crippen molar-refractivity contribution in [3.63, 3.8) is 0 Å². The SMILES string of the molecule is COc1ncc(Oc2ccc(C(=O)NC3CN4CCC3CC4)s2)o1. The molecule has 128 valence electrons. The van der Waals surface area contributed by atoms with E-state index >= 15 is 0 Å². The first-order valence-corrected chi connectivity index (χ1v) is 8.83. The summed E-state index contributed by atoms with van der Waals surface area (Å²) >= 11 is 1.28. The minimum Gasteiger partial charge on any atom is -0.453 e. The number of carbonyl (C=O) groups is 1. The summed E-state index contributed by atoms with van der Waals surface area (Å²) in [4.78, 5) is 19.4. The van der Waals surface area contributed by atoms with Crippen molar-refractivity contribution in [2.75, 3.05) is 26.7 Å². The third kappa shape index (κ3) is 3.11. The highest BCUT2D eigenvalue weighted by Crippen LogP contribution is 2.32. The van der Waals surface area contributed by atoms with E-state index in [9.17, 15) is 4.79 Å². The van der Waals surface area contributed by atoms with Gasteiger partial charge in [-0.05, 0) is 44.0 Å². The molecule has 1 unspecified atom stereocenters.